The van der Waals surface area contributed by atoms with E-state index in [9.17, 15) is 0 Å². The van der Waals surface area contributed by atoms with Crippen LogP contribution in [0.4, 0.5) is 11.9 Å². The first kappa shape index (κ1) is 14.8. The second kappa shape index (κ2) is 7.87. The molecule has 112 valence electrons. The van der Waals surface area contributed by atoms with Crippen molar-refractivity contribution in [3.05, 3.63) is 0 Å². The Morgan fingerprint density at radius 2 is 1.75 bits per heavy atom. The van der Waals surface area contributed by atoms with Crippen LogP contribution in [0.1, 0.15) is 51.9 Å². The minimum absolute atomic E-state index is 0.391. The number of hydrogen-bond donors (Lipinski definition) is 2. The Kier molecular flexibility index (Phi) is 5.83. The number of rotatable bonds is 6. The second-order valence-corrected chi connectivity index (χ2v) is 5.20. The number of anilines is 2. The largest absolute Gasteiger partial charge is 0.463 e. The van der Waals surface area contributed by atoms with E-state index in [1.165, 1.54) is 38.5 Å². The molecule has 0 atom stereocenters. The van der Waals surface area contributed by atoms with E-state index in [-0.39, 0.29) is 0 Å². The van der Waals surface area contributed by atoms with Crippen molar-refractivity contribution >= 4 is 11.9 Å². The molecule has 0 unspecified atom stereocenters. The van der Waals surface area contributed by atoms with Crippen LogP contribution in [0.15, 0.2) is 0 Å². The van der Waals surface area contributed by atoms with Gasteiger partial charge in [-0.2, -0.15) is 15.0 Å². The first-order valence-corrected chi connectivity index (χ1v) is 7.65. The molecule has 1 fully saturated rings. The van der Waals surface area contributed by atoms with Gasteiger partial charge in [-0.25, -0.2) is 0 Å². The minimum Gasteiger partial charge on any atom is -0.463 e. The third-order valence-corrected chi connectivity index (χ3v) is 3.46. The van der Waals surface area contributed by atoms with E-state index in [1.54, 1.807) is 7.05 Å². The summed E-state index contributed by atoms with van der Waals surface area (Å²) in [7, 11) is 1.80. The number of nitrogens with one attached hydrogen (secondary N) is 2. The van der Waals surface area contributed by atoms with Gasteiger partial charge < -0.3 is 15.4 Å². The molecule has 1 aliphatic carbocycles. The Morgan fingerprint density at radius 1 is 1.05 bits per heavy atom. The molecule has 0 amide bonds. The summed E-state index contributed by atoms with van der Waals surface area (Å²) in [4.78, 5) is 12.9. The maximum Gasteiger partial charge on any atom is 0.323 e. The molecule has 1 saturated carbocycles. The highest BCUT2D eigenvalue weighted by Gasteiger charge is 2.14. The molecule has 2 rings (SSSR count). The van der Waals surface area contributed by atoms with Gasteiger partial charge in [0.05, 0.1) is 6.61 Å². The Hall–Kier alpha value is -1.59. The van der Waals surface area contributed by atoms with Crippen molar-refractivity contribution in [2.24, 2.45) is 0 Å². The average molecular weight is 279 g/mol. The number of ether oxygens (including phenoxy) is 1. The van der Waals surface area contributed by atoms with Crippen LogP contribution in [0.2, 0.25) is 0 Å². The molecule has 2 N–H and O–H groups in total. The van der Waals surface area contributed by atoms with Gasteiger partial charge in [-0.1, -0.05) is 32.6 Å². The van der Waals surface area contributed by atoms with Crippen molar-refractivity contribution in [3.8, 4) is 6.01 Å². The van der Waals surface area contributed by atoms with Crippen molar-refractivity contribution in [3.63, 3.8) is 0 Å². The smallest absolute Gasteiger partial charge is 0.323 e. The average Bonchev–Trinajstić information content (AvgIpc) is 2.73. The molecule has 0 bridgehead atoms. The molecule has 20 heavy (non-hydrogen) atoms. The van der Waals surface area contributed by atoms with E-state index in [1.807, 2.05) is 0 Å². The van der Waals surface area contributed by atoms with Crippen molar-refractivity contribution in [2.75, 3.05) is 24.3 Å². The zero-order chi connectivity index (χ0) is 14.2. The molecule has 6 heteroatoms. The minimum atomic E-state index is 0.391. The van der Waals surface area contributed by atoms with Gasteiger partial charge in [-0.15, -0.1) is 0 Å². The van der Waals surface area contributed by atoms with Crippen LogP contribution in [0.5, 0.6) is 6.01 Å². The lowest BCUT2D eigenvalue weighted by Crippen LogP contribution is -2.21. The Labute approximate surface area is 120 Å². The second-order valence-electron chi connectivity index (χ2n) is 5.20. The third-order valence-electron chi connectivity index (χ3n) is 3.46. The molecule has 1 aromatic rings. The molecule has 1 heterocycles. The Balaban J connectivity index is 2.04. The lowest BCUT2D eigenvalue weighted by Gasteiger charge is -2.16. The molecule has 1 aliphatic rings. The van der Waals surface area contributed by atoms with Crippen LogP contribution >= 0.6 is 0 Å². The van der Waals surface area contributed by atoms with Crippen LogP contribution in [0.25, 0.3) is 0 Å². The summed E-state index contributed by atoms with van der Waals surface area (Å²) in [5.41, 5.74) is 0. The molecular weight excluding hydrogens is 254 g/mol. The van der Waals surface area contributed by atoms with Crippen molar-refractivity contribution in [1.82, 2.24) is 15.0 Å². The summed E-state index contributed by atoms with van der Waals surface area (Å²) in [6, 6.07) is 0.853. The molecule has 0 spiro atoms. The van der Waals surface area contributed by atoms with E-state index in [0.717, 1.165) is 6.42 Å². The highest BCUT2D eigenvalue weighted by Crippen LogP contribution is 2.20. The van der Waals surface area contributed by atoms with Gasteiger partial charge in [0.25, 0.3) is 0 Å². The molecule has 0 saturated heterocycles. The quantitative estimate of drug-likeness (QED) is 0.780. The standard InChI is InChI=1S/C14H25N5O/c1-3-10-20-14-18-12(15-2)17-13(19-14)16-11-8-6-4-5-7-9-11/h11H,3-10H2,1-2H3,(H2,15,16,17,18,19). The zero-order valence-corrected chi connectivity index (χ0v) is 12.5. The fourth-order valence-electron chi connectivity index (χ4n) is 2.40. The summed E-state index contributed by atoms with van der Waals surface area (Å²) in [6.07, 6.45) is 8.54. The summed E-state index contributed by atoms with van der Waals surface area (Å²) < 4.78 is 5.51. The molecular formula is C14H25N5O. The van der Waals surface area contributed by atoms with Crippen LogP contribution in [0.3, 0.4) is 0 Å². The molecule has 1 aromatic heterocycles. The third kappa shape index (κ3) is 4.51. The van der Waals surface area contributed by atoms with Gasteiger partial charge in [-0.05, 0) is 19.3 Å². The maximum atomic E-state index is 5.51. The zero-order valence-electron chi connectivity index (χ0n) is 12.5. The van der Waals surface area contributed by atoms with Crippen LogP contribution in [-0.4, -0.2) is 34.6 Å². The lowest BCUT2D eigenvalue weighted by molar-refractivity contribution is 0.292. The monoisotopic (exact) mass is 279 g/mol. The van der Waals surface area contributed by atoms with E-state index < -0.39 is 0 Å². The van der Waals surface area contributed by atoms with Crippen LogP contribution < -0.4 is 15.4 Å². The first-order valence-electron chi connectivity index (χ1n) is 7.65. The Bertz CT molecular complexity index is 405. The lowest BCUT2D eigenvalue weighted by atomic mass is 10.1. The highest BCUT2D eigenvalue weighted by molar-refractivity contribution is 5.36. The van der Waals surface area contributed by atoms with E-state index in [2.05, 4.69) is 32.5 Å². The highest BCUT2D eigenvalue weighted by atomic mass is 16.5. The normalized spacial score (nSPS) is 16.5. The maximum absolute atomic E-state index is 5.51. The summed E-state index contributed by atoms with van der Waals surface area (Å²) in [5.74, 6) is 1.16. The van der Waals surface area contributed by atoms with E-state index >= 15 is 0 Å². The van der Waals surface area contributed by atoms with Crippen LogP contribution in [0, 0.1) is 0 Å². The number of nitrogens with zero attached hydrogens (tertiary/aromatic N) is 3. The van der Waals surface area contributed by atoms with Gasteiger partial charge in [0, 0.05) is 13.1 Å². The fourth-order valence-corrected chi connectivity index (χ4v) is 2.40. The van der Waals surface area contributed by atoms with E-state index in [4.69, 9.17) is 4.74 Å². The molecule has 0 radical (unpaired) electrons. The van der Waals surface area contributed by atoms with Gasteiger partial charge in [-0.3, -0.25) is 0 Å². The van der Waals surface area contributed by atoms with Gasteiger partial charge in [0.15, 0.2) is 0 Å². The summed E-state index contributed by atoms with van der Waals surface area (Å²) in [5, 5.41) is 6.38. The number of hydrogen-bond acceptors (Lipinski definition) is 6. The van der Waals surface area contributed by atoms with Crippen LogP contribution in [-0.2, 0) is 0 Å². The molecule has 0 aliphatic heterocycles. The first-order chi connectivity index (χ1) is 9.81. The molecule has 6 nitrogen and oxygen atoms in total. The summed E-state index contributed by atoms with van der Waals surface area (Å²) in [6.45, 7) is 2.68. The Morgan fingerprint density at radius 3 is 2.40 bits per heavy atom. The van der Waals surface area contributed by atoms with Crippen molar-refractivity contribution in [1.29, 1.82) is 0 Å². The fraction of sp³-hybridized carbons (Fsp3) is 0.786. The predicted octanol–water partition coefficient (Wildman–Crippen LogP) is 2.84. The van der Waals surface area contributed by atoms with Gasteiger partial charge in [0.1, 0.15) is 0 Å². The van der Waals surface area contributed by atoms with Crippen molar-refractivity contribution < 1.29 is 4.74 Å². The summed E-state index contributed by atoms with van der Waals surface area (Å²) >= 11 is 0. The SMILES string of the molecule is CCCOc1nc(NC)nc(NC2CCCCCC2)n1. The topological polar surface area (TPSA) is 72.0 Å². The van der Waals surface area contributed by atoms with Gasteiger partial charge in [0.2, 0.25) is 11.9 Å². The molecule has 0 aromatic carbocycles. The van der Waals surface area contributed by atoms with Gasteiger partial charge >= 0.3 is 6.01 Å². The van der Waals surface area contributed by atoms with Crippen molar-refractivity contribution in [2.45, 2.75) is 57.9 Å². The predicted molar refractivity (Wildman–Crippen MR) is 80.3 cm³/mol. The number of aromatic nitrogens is 3. The van der Waals surface area contributed by atoms with E-state index in [0.29, 0.717) is 30.6 Å².